The lowest BCUT2D eigenvalue weighted by molar-refractivity contribution is -0.334. The highest BCUT2D eigenvalue weighted by Crippen LogP contribution is 2.37. The SMILES string of the molecule is CC(C)(C)C1OCC2(CO1)COC(C(C)(C)CO)OC2.CCCC. The van der Waals surface area contributed by atoms with Crippen molar-refractivity contribution in [2.75, 3.05) is 33.0 Å². The Hall–Kier alpha value is -0.200. The van der Waals surface area contributed by atoms with Crippen LogP contribution in [0.5, 0.6) is 0 Å². The predicted octanol–water partition coefficient (Wildman–Crippen LogP) is 3.59. The van der Waals surface area contributed by atoms with Crippen molar-refractivity contribution in [1.82, 2.24) is 0 Å². The lowest BCUT2D eigenvalue weighted by Crippen LogP contribution is -2.56. The van der Waals surface area contributed by atoms with E-state index in [1.165, 1.54) is 12.8 Å². The third-order valence-electron chi connectivity index (χ3n) is 4.42. The number of hydrogen-bond donors (Lipinski definition) is 1. The minimum absolute atomic E-state index is 0.0284. The molecule has 2 heterocycles. The lowest BCUT2D eigenvalue weighted by Gasteiger charge is -2.48. The molecule has 1 spiro atoms. The van der Waals surface area contributed by atoms with E-state index in [4.69, 9.17) is 18.9 Å². The van der Waals surface area contributed by atoms with Crippen molar-refractivity contribution in [3.05, 3.63) is 0 Å². The second kappa shape index (κ2) is 8.95. The minimum atomic E-state index is -0.397. The summed E-state index contributed by atoms with van der Waals surface area (Å²) in [7, 11) is 0. The molecule has 0 bridgehead atoms. The van der Waals surface area contributed by atoms with E-state index in [-0.39, 0.29) is 30.0 Å². The topological polar surface area (TPSA) is 57.2 Å². The first-order chi connectivity index (χ1) is 11.1. The van der Waals surface area contributed by atoms with Gasteiger partial charge in [-0.05, 0) is 0 Å². The summed E-state index contributed by atoms with van der Waals surface area (Å²) < 4.78 is 23.3. The van der Waals surface area contributed by atoms with Crippen LogP contribution >= 0.6 is 0 Å². The van der Waals surface area contributed by atoms with Crippen LogP contribution in [-0.4, -0.2) is 50.7 Å². The zero-order chi connectivity index (χ0) is 18.4. The summed E-state index contributed by atoms with van der Waals surface area (Å²) in [5, 5.41) is 9.36. The average Bonchev–Trinajstić information content (AvgIpc) is 2.55. The van der Waals surface area contributed by atoms with E-state index in [0.717, 1.165) is 0 Å². The van der Waals surface area contributed by atoms with Crippen molar-refractivity contribution in [1.29, 1.82) is 0 Å². The maximum atomic E-state index is 9.36. The highest BCUT2D eigenvalue weighted by Gasteiger charge is 2.46. The predicted molar refractivity (Wildman–Crippen MR) is 94.7 cm³/mol. The molecule has 0 atom stereocenters. The van der Waals surface area contributed by atoms with Gasteiger partial charge in [0, 0.05) is 10.8 Å². The highest BCUT2D eigenvalue weighted by atomic mass is 16.7. The van der Waals surface area contributed by atoms with Crippen molar-refractivity contribution in [2.45, 2.75) is 73.9 Å². The van der Waals surface area contributed by atoms with Gasteiger partial charge in [-0.15, -0.1) is 0 Å². The molecule has 0 unspecified atom stereocenters. The van der Waals surface area contributed by atoms with Crippen molar-refractivity contribution >= 4 is 0 Å². The zero-order valence-electron chi connectivity index (χ0n) is 16.7. The van der Waals surface area contributed by atoms with Crippen molar-refractivity contribution in [2.24, 2.45) is 16.2 Å². The number of aliphatic hydroxyl groups excluding tert-OH is 1. The van der Waals surface area contributed by atoms with Crippen LogP contribution in [0.3, 0.4) is 0 Å². The van der Waals surface area contributed by atoms with Gasteiger partial charge in [0.15, 0.2) is 12.6 Å². The maximum Gasteiger partial charge on any atom is 0.164 e. The van der Waals surface area contributed by atoms with Crippen LogP contribution in [0.4, 0.5) is 0 Å². The van der Waals surface area contributed by atoms with Crippen LogP contribution in [-0.2, 0) is 18.9 Å². The molecule has 0 aromatic carbocycles. The summed E-state index contributed by atoms with van der Waals surface area (Å²) in [5.41, 5.74) is -0.644. The van der Waals surface area contributed by atoms with E-state index in [1.54, 1.807) is 0 Å². The van der Waals surface area contributed by atoms with Gasteiger partial charge in [-0.25, -0.2) is 0 Å². The molecule has 0 aliphatic carbocycles. The second-order valence-corrected chi connectivity index (χ2v) is 8.92. The van der Waals surface area contributed by atoms with Crippen LogP contribution in [0.15, 0.2) is 0 Å². The van der Waals surface area contributed by atoms with Gasteiger partial charge in [0.05, 0.1) is 38.4 Å². The fourth-order valence-electron chi connectivity index (χ4n) is 2.38. The third kappa shape index (κ3) is 5.95. The van der Waals surface area contributed by atoms with Gasteiger partial charge in [-0.2, -0.15) is 0 Å². The first-order valence-corrected chi connectivity index (χ1v) is 9.17. The largest absolute Gasteiger partial charge is 0.396 e. The van der Waals surface area contributed by atoms with Crippen molar-refractivity contribution in [3.63, 3.8) is 0 Å². The third-order valence-corrected chi connectivity index (χ3v) is 4.42. The van der Waals surface area contributed by atoms with Crippen molar-refractivity contribution in [3.8, 4) is 0 Å². The summed E-state index contributed by atoms with van der Waals surface area (Å²) >= 11 is 0. The average molecular weight is 347 g/mol. The standard InChI is InChI=1S/C15H28O5.C4H10/c1-13(2,3)11-17-7-15(8-18-11)9-19-12(20-10-15)14(4,5)6-16;1-3-4-2/h11-12,16H,6-10H2,1-5H3;3-4H2,1-2H3. The number of unbranched alkanes of at least 4 members (excludes halogenated alkanes) is 1. The Balaban J connectivity index is 0.000000648. The van der Waals surface area contributed by atoms with Gasteiger partial charge >= 0.3 is 0 Å². The molecule has 5 nitrogen and oxygen atoms in total. The first-order valence-electron chi connectivity index (χ1n) is 9.17. The minimum Gasteiger partial charge on any atom is -0.396 e. The van der Waals surface area contributed by atoms with Gasteiger partial charge in [-0.3, -0.25) is 0 Å². The zero-order valence-corrected chi connectivity index (χ0v) is 16.7. The van der Waals surface area contributed by atoms with Gasteiger partial charge in [-0.1, -0.05) is 61.3 Å². The molecule has 2 aliphatic rings. The molecule has 0 radical (unpaired) electrons. The van der Waals surface area contributed by atoms with Crippen molar-refractivity contribution < 1.29 is 24.1 Å². The Morgan fingerprint density at radius 2 is 1.17 bits per heavy atom. The van der Waals surface area contributed by atoms with Gasteiger partial charge in [0.1, 0.15) is 0 Å². The van der Waals surface area contributed by atoms with Gasteiger partial charge < -0.3 is 24.1 Å². The van der Waals surface area contributed by atoms with E-state index >= 15 is 0 Å². The first kappa shape index (κ1) is 21.8. The number of aliphatic hydroxyl groups is 1. The molecule has 5 heteroatoms. The quantitative estimate of drug-likeness (QED) is 0.846. The molecule has 0 aromatic heterocycles. The monoisotopic (exact) mass is 346 g/mol. The summed E-state index contributed by atoms with van der Waals surface area (Å²) in [5.74, 6) is 0. The van der Waals surface area contributed by atoms with Crippen LogP contribution in [0.1, 0.15) is 61.3 Å². The summed E-state index contributed by atoms with van der Waals surface area (Å²) in [6, 6.07) is 0. The van der Waals surface area contributed by atoms with E-state index in [0.29, 0.717) is 26.4 Å². The molecule has 2 aliphatic heterocycles. The molecule has 144 valence electrons. The van der Waals surface area contributed by atoms with E-state index in [9.17, 15) is 5.11 Å². The Morgan fingerprint density at radius 3 is 1.46 bits per heavy atom. The fourth-order valence-corrected chi connectivity index (χ4v) is 2.38. The Morgan fingerprint density at radius 1 is 0.792 bits per heavy atom. The van der Waals surface area contributed by atoms with E-state index in [2.05, 4.69) is 34.6 Å². The molecule has 0 aromatic rings. The fraction of sp³-hybridized carbons (Fsp3) is 1.00. The van der Waals surface area contributed by atoms with Gasteiger partial charge in [0.2, 0.25) is 0 Å². The van der Waals surface area contributed by atoms with E-state index in [1.807, 2.05) is 13.8 Å². The molecule has 0 amide bonds. The normalized spacial score (nSPS) is 31.5. The molecule has 1 N–H and O–H groups in total. The Bertz CT molecular complexity index is 341. The summed E-state index contributed by atoms with van der Waals surface area (Å²) in [6.45, 7) is 16.8. The maximum absolute atomic E-state index is 9.36. The highest BCUT2D eigenvalue weighted by molar-refractivity contribution is 4.88. The number of ether oxygens (including phenoxy) is 4. The molecule has 2 rings (SSSR count). The number of rotatable bonds is 3. The van der Waals surface area contributed by atoms with Crippen LogP contribution in [0, 0.1) is 16.2 Å². The molecule has 24 heavy (non-hydrogen) atoms. The Kier molecular flexibility index (Phi) is 8.14. The van der Waals surface area contributed by atoms with E-state index < -0.39 is 5.41 Å². The molecular formula is C19H38O5. The molecule has 2 fully saturated rings. The lowest BCUT2D eigenvalue weighted by atomic mass is 9.87. The van der Waals surface area contributed by atoms with Crippen LogP contribution < -0.4 is 0 Å². The summed E-state index contributed by atoms with van der Waals surface area (Å²) in [6.07, 6.45) is 2.08. The molecule has 0 saturated carbocycles. The van der Waals surface area contributed by atoms with Crippen LogP contribution in [0.25, 0.3) is 0 Å². The Labute approximate surface area is 148 Å². The van der Waals surface area contributed by atoms with Gasteiger partial charge in [0.25, 0.3) is 0 Å². The smallest absolute Gasteiger partial charge is 0.164 e. The number of hydrogen-bond acceptors (Lipinski definition) is 5. The molecule has 2 saturated heterocycles. The van der Waals surface area contributed by atoms with Crippen LogP contribution in [0.2, 0.25) is 0 Å². The second-order valence-electron chi connectivity index (χ2n) is 8.92. The molecular weight excluding hydrogens is 308 g/mol. The summed E-state index contributed by atoms with van der Waals surface area (Å²) in [4.78, 5) is 0.